The van der Waals surface area contributed by atoms with Gasteiger partial charge in [0.25, 0.3) is 0 Å². The molecule has 0 radical (unpaired) electrons. The Balaban J connectivity index is 1.44. The maximum atomic E-state index is 12.7. The first kappa shape index (κ1) is 18.2. The molecule has 0 amide bonds. The minimum atomic E-state index is -3.52. The molecule has 0 fully saturated rings. The average Bonchev–Trinajstić information content (AvgIpc) is 2.71. The Morgan fingerprint density at radius 1 is 0.963 bits per heavy atom. The lowest BCUT2D eigenvalue weighted by molar-refractivity contribution is 0.192. The summed E-state index contributed by atoms with van der Waals surface area (Å²) in [6.45, 7) is 4.30. The van der Waals surface area contributed by atoms with Gasteiger partial charge in [-0.05, 0) is 47.4 Å². The molecule has 140 valence electrons. The Labute approximate surface area is 160 Å². The monoisotopic (exact) mass is 380 g/mol. The van der Waals surface area contributed by atoms with Crippen LogP contribution in [0.5, 0.6) is 0 Å². The normalized spacial score (nSPS) is 16.2. The van der Waals surface area contributed by atoms with Gasteiger partial charge in [-0.25, -0.2) is 13.1 Å². The van der Waals surface area contributed by atoms with Crippen molar-refractivity contribution in [3.05, 3.63) is 77.9 Å². The molecule has 0 saturated carbocycles. The highest BCUT2D eigenvalue weighted by atomic mass is 32.2. The van der Waals surface area contributed by atoms with Crippen molar-refractivity contribution in [3.63, 3.8) is 0 Å². The second kappa shape index (κ2) is 7.43. The van der Waals surface area contributed by atoms with E-state index in [4.69, 9.17) is 0 Å². The van der Waals surface area contributed by atoms with Gasteiger partial charge in [0.2, 0.25) is 10.0 Å². The molecule has 0 aliphatic carbocycles. The highest BCUT2D eigenvalue weighted by Crippen LogP contribution is 2.21. The molecule has 1 atom stereocenters. The van der Waals surface area contributed by atoms with Crippen LogP contribution in [0, 0.1) is 0 Å². The molecule has 0 aromatic heterocycles. The summed E-state index contributed by atoms with van der Waals surface area (Å²) in [6.07, 6.45) is 1.01. The number of hydrogen-bond donors (Lipinski definition) is 1. The smallest absolute Gasteiger partial charge is 0.240 e. The first-order valence-electron chi connectivity index (χ1n) is 9.32. The van der Waals surface area contributed by atoms with Crippen molar-refractivity contribution in [2.75, 3.05) is 13.1 Å². The maximum Gasteiger partial charge on any atom is 0.240 e. The van der Waals surface area contributed by atoms with Gasteiger partial charge in [0.15, 0.2) is 0 Å². The largest absolute Gasteiger partial charge is 0.295 e. The van der Waals surface area contributed by atoms with E-state index in [1.54, 1.807) is 12.1 Å². The lowest BCUT2D eigenvalue weighted by Gasteiger charge is -2.33. The molecule has 0 saturated heterocycles. The minimum Gasteiger partial charge on any atom is -0.295 e. The molecule has 27 heavy (non-hydrogen) atoms. The fourth-order valence-corrected chi connectivity index (χ4v) is 4.83. The summed E-state index contributed by atoms with van der Waals surface area (Å²) in [6, 6.07) is 21.7. The number of nitrogens with one attached hydrogen (secondary N) is 1. The SMILES string of the molecule is C[C@H](CNS(=O)(=O)c1ccc2ccccc2c1)N1CCc2ccccc2C1. The van der Waals surface area contributed by atoms with Crippen LogP contribution in [-0.4, -0.2) is 32.4 Å². The Hall–Kier alpha value is -2.21. The summed E-state index contributed by atoms with van der Waals surface area (Å²) in [5.41, 5.74) is 2.74. The van der Waals surface area contributed by atoms with Crippen molar-refractivity contribution in [1.82, 2.24) is 9.62 Å². The zero-order valence-electron chi connectivity index (χ0n) is 15.4. The van der Waals surface area contributed by atoms with Gasteiger partial charge in [-0.15, -0.1) is 0 Å². The molecule has 3 aromatic rings. The molecular formula is C22H24N2O2S. The third kappa shape index (κ3) is 3.90. The number of nitrogens with zero attached hydrogens (tertiary/aromatic N) is 1. The van der Waals surface area contributed by atoms with E-state index in [0.717, 1.165) is 30.3 Å². The van der Waals surface area contributed by atoms with E-state index >= 15 is 0 Å². The van der Waals surface area contributed by atoms with Crippen LogP contribution < -0.4 is 4.72 Å². The second-order valence-corrected chi connectivity index (χ2v) is 8.97. The van der Waals surface area contributed by atoms with E-state index in [2.05, 4.69) is 40.8 Å². The van der Waals surface area contributed by atoms with Crippen LogP contribution in [-0.2, 0) is 23.0 Å². The van der Waals surface area contributed by atoms with E-state index < -0.39 is 10.0 Å². The molecular weight excluding hydrogens is 356 g/mol. The highest BCUT2D eigenvalue weighted by Gasteiger charge is 2.22. The second-order valence-electron chi connectivity index (χ2n) is 7.20. The third-order valence-corrected chi connectivity index (χ3v) is 6.80. The lowest BCUT2D eigenvalue weighted by atomic mass is 9.99. The van der Waals surface area contributed by atoms with E-state index in [1.807, 2.05) is 30.3 Å². The van der Waals surface area contributed by atoms with Gasteiger partial charge < -0.3 is 0 Å². The number of hydrogen-bond acceptors (Lipinski definition) is 3. The molecule has 0 bridgehead atoms. The van der Waals surface area contributed by atoms with E-state index in [1.165, 1.54) is 11.1 Å². The minimum absolute atomic E-state index is 0.133. The number of fused-ring (bicyclic) bond motifs is 2. The molecule has 4 nitrogen and oxygen atoms in total. The van der Waals surface area contributed by atoms with Crippen LogP contribution in [0.15, 0.2) is 71.6 Å². The van der Waals surface area contributed by atoms with Crippen LogP contribution in [0.4, 0.5) is 0 Å². The van der Waals surface area contributed by atoms with E-state index in [-0.39, 0.29) is 6.04 Å². The van der Waals surface area contributed by atoms with Crippen molar-refractivity contribution in [2.24, 2.45) is 0 Å². The Morgan fingerprint density at radius 2 is 1.67 bits per heavy atom. The van der Waals surface area contributed by atoms with Gasteiger partial charge in [0.1, 0.15) is 0 Å². The summed E-state index contributed by atoms with van der Waals surface area (Å²) in [5, 5.41) is 1.97. The van der Waals surface area contributed by atoms with Gasteiger partial charge in [-0.2, -0.15) is 0 Å². The van der Waals surface area contributed by atoms with Crippen LogP contribution in [0.1, 0.15) is 18.1 Å². The molecule has 1 aliphatic rings. The molecule has 3 aromatic carbocycles. The highest BCUT2D eigenvalue weighted by molar-refractivity contribution is 7.89. The van der Waals surface area contributed by atoms with Crippen molar-refractivity contribution in [1.29, 1.82) is 0 Å². The molecule has 0 unspecified atom stereocenters. The summed E-state index contributed by atoms with van der Waals surface area (Å²) < 4.78 is 28.3. The Bertz CT molecular complexity index is 1060. The van der Waals surface area contributed by atoms with Crippen molar-refractivity contribution in [3.8, 4) is 0 Å². The maximum absolute atomic E-state index is 12.7. The third-order valence-electron chi connectivity index (χ3n) is 5.38. The number of sulfonamides is 1. The number of benzene rings is 3. The van der Waals surface area contributed by atoms with E-state index in [9.17, 15) is 8.42 Å². The predicted octanol–water partition coefficient (Wildman–Crippen LogP) is 3.56. The predicted molar refractivity (Wildman–Crippen MR) is 109 cm³/mol. The molecule has 5 heteroatoms. The van der Waals surface area contributed by atoms with Gasteiger partial charge >= 0.3 is 0 Å². The van der Waals surface area contributed by atoms with Crippen LogP contribution in [0.2, 0.25) is 0 Å². The van der Waals surface area contributed by atoms with Crippen molar-refractivity contribution in [2.45, 2.75) is 30.8 Å². The summed E-state index contributed by atoms with van der Waals surface area (Å²) in [7, 11) is -3.52. The number of rotatable bonds is 5. The van der Waals surface area contributed by atoms with E-state index in [0.29, 0.717) is 11.4 Å². The Morgan fingerprint density at radius 3 is 2.48 bits per heavy atom. The first-order chi connectivity index (χ1) is 13.0. The first-order valence-corrected chi connectivity index (χ1v) is 10.8. The van der Waals surface area contributed by atoms with Gasteiger partial charge in [0.05, 0.1) is 4.90 Å². The standard InChI is InChI=1S/C22H24N2O2S/c1-17(24-13-12-19-7-3-5-9-21(19)16-24)15-23-27(25,26)22-11-10-18-6-2-4-8-20(18)14-22/h2-11,14,17,23H,12-13,15-16H2,1H3/t17-/m1/s1. The van der Waals surface area contributed by atoms with Gasteiger partial charge in [-0.1, -0.05) is 54.6 Å². The lowest BCUT2D eigenvalue weighted by Crippen LogP contribution is -2.44. The zero-order chi connectivity index (χ0) is 18.9. The molecule has 0 spiro atoms. The van der Waals surface area contributed by atoms with Crippen molar-refractivity contribution < 1.29 is 8.42 Å². The van der Waals surface area contributed by atoms with Crippen LogP contribution >= 0.6 is 0 Å². The topological polar surface area (TPSA) is 49.4 Å². The summed E-state index contributed by atoms with van der Waals surface area (Å²) >= 11 is 0. The molecule has 4 rings (SSSR count). The quantitative estimate of drug-likeness (QED) is 0.736. The van der Waals surface area contributed by atoms with Crippen LogP contribution in [0.3, 0.4) is 0 Å². The van der Waals surface area contributed by atoms with Gasteiger partial charge in [-0.3, -0.25) is 4.90 Å². The summed E-state index contributed by atoms with van der Waals surface area (Å²) in [4.78, 5) is 2.66. The van der Waals surface area contributed by atoms with Gasteiger partial charge in [0, 0.05) is 25.7 Å². The fourth-order valence-electron chi connectivity index (χ4n) is 3.67. The summed E-state index contributed by atoms with van der Waals surface area (Å²) in [5.74, 6) is 0. The average molecular weight is 381 g/mol. The fraction of sp³-hybridized carbons (Fsp3) is 0.273. The zero-order valence-corrected chi connectivity index (χ0v) is 16.2. The molecule has 1 aliphatic heterocycles. The Kier molecular flexibility index (Phi) is 5.00. The molecule has 1 N–H and O–H groups in total. The molecule has 1 heterocycles. The van der Waals surface area contributed by atoms with Crippen LogP contribution in [0.25, 0.3) is 10.8 Å². The van der Waals surface area contributed by atoms with Crippen molar-refractivity contribution >= 4 is 20.8 Å².